The standard InChI is InChI=1S/C20H18N2O3/c1-25-18-8-4-6-15-17(23)9-10-22(20(15)18)19(24)11-13-12-21-16-7-3-2-5-14(13)16/h2-8,12,21H,9-11H2,1H3. The van der Waals surface area contributed by atoms with Crippen molar-refractivity contribution >= 4 is 28.3 Å². The van der Waals surface area contributed by atoms with Gasteiger partial charge in [0.1, 0.15) is 5.75 Å². The molecule has 1 aromatic heterocycles. The zero-order valence-electron chi connectivity index (χ0n) is 13.9. The number of hydrogen-bond donors (Lipinski definition) is 1. The molecule has 0 radical (unpaired) electrons. The molecule has 4 rings (SSSR count). The van der Waals surface area contributed by atoms with Gasteiger partial charge in [-0.2, -0.15) is 0 Å². The second-order valence-electron chi connectivity index (χ2n) is 6.11. The van der Waals surface area contributed by atoms with Crippen molar-refractivity contribution in [1.82, 2.24) is 4.98 Å². The maximum Gasteiger partial charge on any atom is 0.231 e. The lowest BCUT2D eigenvalue weighted by Crippen LogP contribution is -2.38. The minimum Gasteiger partial charge on any atom is -0.495 e. The number of amides is 1. The molecule has 0 fully saturated rings. The molecule has 0 bridgehead atoms. The highest BCUT2D eigenvalue weighted by Crippen LogP contribution is 2.36. The van der Waals surface area contributed by atoms with Crippen molar-refractivity contribution in [3.8, 4) is 5.75 Å². The van der Waals surface area contributed by atoms with E-state index in [0.717, 1.165) is 16.5 Å². The minimum absolute atomic E-state index is 0.0389. The molecule has 0 aliphatic carbocycles. The molecule has 0 saturated heterocycles. The topological polar surface area (TPSA) is 62.4 Å². The molecule has 126 valence electrons. The number of anilines is 1. The largest absolute Gasteiger partial charge is 0.495 e. The highest BCUT2D eigenvalue weighted by atomic mass is 16.5. The minimum atomic E-state index is -0.0389. The first-order valence-electron chi connectivity index (χ1n) is 8.24. The Labute approximate surface area is 145 Å². The molecular formula is C20H18N2O3. The molecule has 1 aliphatic rings. The van der Waals surface area contributed by atoms with Crippen molar-refractivity contribution in [3.05, 3.63) is 59.8 Å². The third-order valence-electron chi connectivity index (χ3n) is 4.67. The molecule has 0 unspecified atom stereocenters. The van der Waals surface area contributed by atoms with Gasteiger partial charge in [0, 0.05) is 35.6 Å². The number of carbonyl (C=O) groups excluding carboxylic acids is 2. The molecule has 3 aromatic rings. The first-order chi connectivity index (χ1) is 12.2. The number of carbonyl (C=O) groups is 2. The number of aromatic amines is 1. The van der Waals surface area contributed by atoms with Crippen molar-refractivity contribution in [3.63, 3.8) is 0 Å². The maximum absolute atomic E-state index is 13.0. The predicted octanol–water partition coefficient (Wildman–Crippen LogP) is 3.34. The lowest BCUT2D eigenvalue weighted by Gasteiger charge is -2.30. The number of nitrogens with zero attached hydrogens (tertiary/aromatic N) is 1. The van der Waals surface area contributed by atoms with E-state index in [1.807, 2.05) is 30.5 Å². The highest BCUT2D eigenvalue weighted by Gasteiger charge is 2.30. The van der Waals surface area contributed by atoms with Crippen LogP contribution in [0.15, 0.2) is 48.7 Å². The van der Waals surface area contributed by atoms with Gasteiger partial charge in [-0.15, -0.1) is 0 Å². The second kappa shape index (κ2) is 6.09. The molecule has 1 aliphatic heterocycles. The van der Waals surface area contributed by atoms with E-state index in [2.05, 4.69) is 4.98 Å². The molecule has 25 heavy (non-hydrogen) atoms. The molecule has 5 heteroatoms. The smallest absolute Gasteiger partial charge is 0.231 e. The van der Waals surface area contributed by atoms with Gasteiger partial charge in [0.15, 0.2) is 5.78 Å². The number of aromatic nitrogens is 1. The third kappa shape index (κ3) is 2.58. The summed E-state index contributed by atoms with van der Waals surface area (Å²) in [5.41, 5.74) is 3.11. The summed E-state index contributed by atoms with van der Waals surface area (Å²) in [6.45, 7) is 0.382. The average molecular weight is 334 g/mol. The van der Waals surface area contributed by atoms with Gasteiger partial charge in [-0.1, -0.05) is 24.3 Å². The van der Waals surface area contributed by atoms with E-state index in [9.17, 15) is 9.59 Å². The summed E-state index contributed by atoms with van der Waals surface area (Å²) in [6.07, 6.45) is 2.48. The zero-order chi connectivity index (χ0) is 17.4. The monoisotopic (exact) mass is 334 g/mol. The second-order valence-corrected chi connectivity index (χ2v) is 6.11. The maximum atomic E-state index is 13.0. The van der Waals surface area contributed by atoms with E-state index in [1.165, 1.54) is 0 Å². The molecule has 0 atom stereocenters. The first-order valence-corrected chi connectivity index (χ1v) is 8.24. The summed E-state index contributed by atoms with van der Waals surface area (Å²) in [5, 5.41) is 1.05. The first kappa shape index (κ1) is 15.4. The molecule has 1 N–H and O–H groups in total. The Bertz CT molecular complexity index is 974. The Morgan fingerprint density at radius 1 is 1.20 bits per heavy atom. The lowest BCUT2D eigenvalue weighted by molar-refractivity contribution is -0.118. The fourth-order valence-corrected chi connectivity index (χ4v) is 3.44. The van der Waals surface area contributed by atoms with Crippen molar-refractivity contribution < 1.29 is 14.3 Å². The number of H-pyrrole nitrogens is 1. The number of benzene rings is 2. The predicted molar refractivity (Wildman–Crippen MR) is 96.3 cm³/mol. The molecule has 0 spiro atoms. The van der Waals surface area contributed by atoms with Gasteiger partial charge >= 0.3 is 0 Å². The van der Waals surface area contributed by atoms with Crippen LogP contribution in [0.1, 0.15) is 22.3 Å². The molecule has 2 aromatic carbocycles. The van der Waals surface area contributed by atoms with Crippen LogP contribution in [0.4, 0.5) is 5.69 Å². The number of nitrogens with one attached hydrogen (secondary N) is 1. The summed E-state index contributed by atoms with van der Waals surface area (Å²) in [6, 6.07) is 13.2. The quantitative estimate of drug-likeness (QED) is 0.799. The number of methoxy groups -OCH3 is 1. The van der Waals surface area contributed by atoms with Gasteiger partial charge in [-0.25, -0.2) is 0 Å². The zero-order valence-corrected chi connectivity index (χ0v) is 13.9. The van der Waals surface area contributed by atoms with E-state index in [-0.39, 0.29) is 18.1 Å². The third-order valence-corrected chi connectivity index (χ3v) is 4.67. The molecule has 2 heterocycles. The molecular weight excluding hydrogens is 316 g/mol. The van der Waals surface area contributed by atoms with E-state index < -0.39 is 0 Å². The number of hydrogen-bond acceptors (Lipinski definition) is 3. The fraction of sp³-hybridized carbons (Fsp3) is 0.200. The average Bonchev–Trinajstić information content (AvgIpc) is 3.04. The molecule has 5 nitrogen and oxygen atoms in total. The van der Waals surface area contributed by atoms with Crippen LogP contribution < -0.4 is 9.64 Å². The van der Waals surface area contributed by atoms with E-state index in [0.29, 0.717) is 30.0 Å². The summed E-state index contributed by atoms with van der Waals surface area (Å²) >= 11 is 0. The summed E-state index contributed by atoms with van der Waals surface area (Å²) in [4.78, 5) is 30.1. The van der Waals surface area contributed by atoms with Gasteiger partial charge in [-0.05, 0) is 23.8 Å². The lowest BCUT2D eigenvalue weighted by atomic mass is 9.98. The summed E-state index contributed by atoms with van der Waals surface area (Å²) < 4.78 is 5.39. The Morgan fingerprint density at radius 2 is 2.04 bits per heavy atom. The molecule has 0 saturated carbocycles. The van der Waals surface area contributed by atoms with Gasteiger partial charge in [0.25, 0.3) is 0 Å². The van der Waals surface area contributed by atoms with Crippen LogP contribution in [0.5, 0.6) is 5.75 Å². The van der Waals surface area contributed by atoms with Crippen LogP contribution in [0.2, 0.25) is 0 Å². The summed E-state index contributed by atoms with van der Waals surface area (Å²) in [5.74, 6) is 0.561. The normalized spacial score (nSPS) is 13.8. The van der Waals surface area contributed by atoms with Crippen LogP contribution >= 0.6 is 0 Å². The van der Waals surface area contributed by atoms with Gasteiger partial charge in [-0.3, -0.25) is 9.59 Å². The van der Waals surface area contributed by atoms with E-state index in [1.54, 1.807) is 30.2 Å². The number of ether oxygens (including phenoxy) is 1. The van der Waals surface area contributed by atoms with Crippen LogP contribution in [-0.4, -0.2) is 30.3 Å². The highest BCUT2D eigenvalue weighted by molar-refractivity contribution is 6.10. The number of rotatable bonds is 3. The number of para-hydroxylation sites is 2. The number of Topliss-reactive ketones (excluding diaryl/α,β-unsaturated/α-hetero) is 1. The van der Waals surface area contributed by atoms with E-state index >= 15 is 0 Å². The Kier molecular flexibility index (Phi) is 3.76. The fourth-order valence-electron chi connectivity index (χ4n) is 3.44. The number of fused-ring (bicyclic) bond motifs is 2. The van der Waals surface area contributed by atoms with Crippen LogP contribution in [0, 0.1) is 0 Å². The Hall–Kier alpha value is -3.08. The van der Waals surface area contributed by atoms with Gasteiger partial charge < -0.3 is 14.6 Å². The van der Waals surface area contributed by atoms with Crippen molar-refractivity contribution in [2.24, 2.45) is 0 Å². The van der Waals surface area contributed by atoms with E-state index in [4.69, 9.17) is 4.74 Å². The van der Waals surface area contributed by atoms with Crippen LogP contribution in [0.25, 0.3) is 10.9 Å². The molecule has 1 amide bonds. The van der Waals surface area contributed by atoms with Crippen LogP contribution in [-0.2, 0) is 11.2 Å². The SMILES string of the molecule is COc1cccc2c1N(C(=O)Cc1c[nH]c3ccccc13)CCC2=O. The summed E-state index contributed by atoms with van der Waals surface area (Å²) in [7, 11) is 1.55. The number of ketones is 1. The van der Waals surface area contributed by atoms with Crippen molar-refractivity contribution in [2.75, 3.05) is 18.6 Å². The Balaban J connectivity index is 1.70. The van der Waals surface area contributed by atoms with Gasteiger partial charge in [0.2, 0.25) is 5.91 Å². The van der Waals surface area contributed by atoms with Crippen molar-refractivity contribution in [1.29, 1.82) is 0 Å². The van der Waals surface area contributed by atoms with Crippen molar-refractivity contribution in [2.45, 2.75) is 12.8 Å². The Morgan fingerprint density at radius 3 is 2.88 bits per heavy atom. The van der Waals surface area contributed by atoms with Gasteiger partial charge in [0.05, 0.1) is 19.2 Å². The van der Waals surface area contributed by atoms with Crippen LogP contribution in [0.3, 0.4) is 0 Å².